The predicted molar refractivity (Wildman–Crippen MR) is 90.8 cm³/mol. The Morgan fingerprint density at radius 3 is 2.74 bits per heavy atom. The first-order chi connectivity index (χ1) is 10.8. The summed E-state index contributed by atoms with van der Waals surface area (Å²) in [5.41, 5.74) is 6.18. The van der Waals surface area contributed by atoms with E-state index in [1.807, 2.05) is 13.0 Å². The van der Waals surface area contributed by atoms with Crippen LogP contribution in [0.25, 0.3) is 0 Å². The molecule has 0 aliphatic carbocycles. The molecule has 0 spiro atoms. The molecule has 6 heteroatoms. The standard InChI is InChI=1S/C17H25ClFN3O/c1-10(2)22-7-6-15(21-11(3)8-16(20)23)17(22)12-4-5-13(18)14(19)9-12/h4-5,9-11,15,17,21H,6-8H2,1-3H3,(H2,20,23)/t11-,15-,17+/m1/s1. The zero-order valence-corrected chi connectivity index (χ0v) is 14.6. The number of nitrogens with two attached hydrogens (primary N) is 1. The lowest BCUT2D eigenvalue weighted by molar-refractivity contribution is -0.118. The van der Waals surface area contributed by atoms with E-state index in [0.717, 1.165) is 18.5 Å². The third-order valence-corrected chi connectivity index (χ3v) is 4.70. The molecular formula is C17H25ClFN3O. The Morgan fingerprint density at radius 1 is 1.48 bits per heavy atom. The van der Waals surface area contributed by atoms with Gasteiger partial charge >= 0.3 is 0 Å². The molecule has 1 amide bonds. The van der Waals surface area contributed by atoms with Crippen molar-refractivity contribution in [3.8, 4) is 0 Å². The van der Waals surface area contributed by atoms with Gasteiger partial charge in [-0.3, -0.25) is 9.69 Å². The molecule has 1 aromatic rings. The lowest BCUT2D eigenvalue weighted by atomic mass is 9.98. The Balaban J connectivity index is 2.23. The van der Waals surface area contributed by atoms with Crippen LogP contribution in [0.2, 0.25) is 5.02 Å². The molecule has 1 heterocycles. The van der Waals surface area contributed by atoms with Crippen LogP contribution < -0.4 is 11.1 Å². The van der Waals surface area contributed by atoms with Gasteiger partial charge in [0.05, 0.1) is 11.1 Å². The van der Waals surface area contributed by atoms with Crippen LogP contribution in [0.5, 0.6) is 0 Å². The Hall–Kier alpha value is -1.17. The number of amides is 1. The Bertz CT molecular complexity index is 567. The number of carbonyl (C=O) groups is 1. The monoisotopic (exact) mass is 341 g/mol. The molecule has 0 bridgehead atoms. The molecule has 1 aromatic carbocycles. The van der Waals surface area contributed by atoms with Crippen molar-refractivity contribution in [3.05, 3.63) is 34.6 Å². The van der Waals surface area contributed by atoms with Crippen molar-refractivity contribution in [2.45, 2.75) is 57.8 Å². The largest absolute Gasteiger partial charge is 0.370 e. The summed E-state index contributed by atoms with van der Waals surface area (Å²) in [5.74, 6) is -0.721. The van der Waals surface area contributed by atoms with E-state index >= 15 is 0 Å². The van der Waals surface area contributed by atoms with Crippen molar-refractivity contribution < 1.29 is 9.18 Å². The number of carbonyl (C=O) groups excluding carboxylic acids is 1. The maximum atomic E-state index is 13.9. The molecule has 1 fully saturated rings. The minimum Gasteiger partial charge on any atom is -0.370 e. The molecule has 1 aliphatic rings. The Morgan fingerprint density at radius 2 is 2.17 bits per heavy atom. The second-order valence-electron chi connectivity index (χ2n) is 6.58. The summed E-state index contributed by atoms with van der Waals surface area (Å²) < 4.78 is 13.9. The maximum absolute atomic E-state index is 13.9. The second kappa shape index (κ2) is 7.60. The van der Waals surface area contributed by atoms with Crippen LogP contribution in [0.1, 0.15) is 45.2 Å². The molecule has 3 N–H and O–H groups in total. The Kier molecular flexibility index (Phi) is 6.00. The number of nitrogens with zero attached hydrogens (tertiary/aromatic N) is 1. The molecule has 128 valence electrons. The highest BCUT2D eigenvalue weighted by atomic mass is 35.5. The highest BCUT2D eigenvalue weighted by Gasteiger charge is 2.37. The van der Waals surface area contributed by atoms with Crippen LogP contribution in [0.4, 0.5) is 4.39 Å². The molecule has 3 atom stereocenters. The quantitative estimate of drug-likeness (QED) is 0.836. The summed E-state index contributed by atoms with van der Waals surface area (Å²) in [6.45, 7) is 7.14. The molecule has 23 heavy (non-hydrogen) atoms. The van der Waals surface area contributed by atoms with Gasteiger partial charge in [-0.2, -0.15) is 0 Å². The number of hydrogen-bond donors (Lipinski definition) is 2. The van der Waals surface area contributed by atoms with Crippen LogP contribution in [0.3, 0.4) is 0 Å². The third kappa shape index (κ3) is 4.43. The normalized spacial score (nSPS) is 23.4. The highest BCUT2D eigenvalue weighted by Crippen LogP contribution is 2.35. The fraction of sp³-hybridized carbons (Fsp3) is 0.588. The first kappa shape index (κ1) is 18.2. The predicted octanol–water partition coefficient (Wildman–Crippen LogP) is 2.86. The van der Waals surface area contributed by atoms with E-state index in [4.69, 9.17) is 17.3 Å². The van der Waals surface area contributed by atoms with Gasteiger partial charge in [-0.15, -0.1) is 0 Å². The summed E-state index contributed by atoms with van der Waals surface area (Å²) in [4.78, 5) is 13.4. The summed E-state index contributed by atoms with van der Waals surface area (Å²) in [5, 5.41) is 3.61. The van der Waals surface area contributed by atoms with Gasteiger partial charge in [0.2, 0.25) is 5.91 Å². The van der Waals surface area contributed by atoms with Gasteiger partial charge in [0.15, 0.2) is 0 Å². The summed E-state index contributed by atoms with van der Waals surface area (Å²) in [7, 11) is 0. The van der Waals surface area contributed by atoms with E-state index in [1.165, 1.54) is 6.07 Å². The average molecular weight is 342 g/mol. The molecule has 0 aromatic heterocycles. The van der Waals surface area contributed by atoms with Gasteiger partial charge in [0.1, 0.15) is 5.82 Å². The zero-order chi connectivity index (χ0) is 17.1. The van der Waals surface area contributed by atoms with Crippen molar-refractivity contribution in [2.24, 2.45) is 5.73 Å². The lowest BCUT2D eigenvalue weighted by Crippen LogP contribution is -2.43. The van der Waals surface area contributed by atoms with Crippen LogP contribution in [-0.2, 0) is 4.79 Å². The van der Waals surface area contributed by atoms with Crippen molar-refractivity contribution >= 4 is 17.5 Å². The van der Waals surface area contributed by atoms with Gasteiger partial charge in [-0.05, 0) is 44.9 Å². The van der Waals surface area contributed by atoms with Crippen molar-refractivity contribution in [2.75, 3.05) is 6.54 Å². The van der Waals surface area contributed by atoms with Gasteiger partial charge in [-0.25, -0.2) is 4.39 Å². The smallest absolute Gasteiger partial charge is 0.218 e. The minimum atomic E-state index is -0.399. The molecule has 0 saturated carbocycles. The van der Waals surface area contributed by atoms with Crippen LogP contribution in [0.15, 0.2) is 18.2 Å². The van der Waals surface area contributed by atoms with Crippen LogP contribution in [0, 0.1) is 5.82 Å². The SMILES string of the molecule is CC(C)N1CC[C@@H](N[C@H](C)CC(N)=O)[C@@H]1c1ccc(Cl)c(F)c1. The molecule has 2 rings (SSSR count). The lowest BCUT2D eigenvalue weighted by Gasteiger charge is -2.33. The fourth-order valence-corrected chi connectivity index (χ4v) is 3.53. The van der Waals surface area contributed by atoms with Crippen LogP contribution >= 0.6 is 11.6 Å². The topological polar surface area (TPSA) is 58.4 Å². The Labute approximate surface area is 142 Å². The van der Waals surface area contributed by atoms with E-state index in [9.17, 15) is 9.18 Å². The molecule has 1 saturated heterocycles. The summed E-state index contributed by atoms with van der Waals surface area (Å²) in [6.07, 6.45) is 1.23. The minimum absolute atomic E-state index is 0.00995. The van der Waals surface area contributed by atoms with E-state index in [0.29, 0.717) is 12.5 Å². The first-order valence-corrected chi connectivity index (χ1v) is 8.42. The van der Waals surface area contributed by atoms with E-state index in [2.05, 4.69) is 24.1 Å². The van der Waals surface area contributed by atoms with E-state index < -0.39 is 5.82 Å². The summed E-state index contributed by atoms with van der Waals surface area (Å²) in [6, 6.07) is 5.53. The highest BCUT2D eigenvalue weighted by molar-refractivity contribution is 6.30. The van der Waals surface area contributed by atoms with E-state index in [-0.39, 0.29) is 29.1 Å². The molecule has 0 radical (unpaired) electrons. The summed E-state index contributed by atoms with van der Waals surface area (Å²) >= 11 is 5.81. The number of nitrogens with one attached hydrogen (secondary N) is 1. The number of likely N-dealkylation sites (tertiary alicyclic amines) is 1. The van der Waals surface area contributed by atoms with Gasteiger partial charge in [-0.1, -0.05) is 17.7 Å². The number of halogens is 2. The maximum Gasteiger partial charge on any atom is 0.218 e. The number of benzene rings is 1. The fourth-order valence-electron chi connectivity index (χ4n) is 3.42. The van der Waals surface area contributed by atoms with Gasteiger partial charge < -0.3 is 11.1 Å². The van der Waals surface area contributed by atoms with Gasteiger partial charge in [0, 0.05) is 31.1 Å². The first-order valence-electron chi connectivity index (χ1n) is 8.04. The van der Waals surface area contributed by atoms with Crippen LogP contribution in [-0.4, -0.2) is 35.5 Å². The number of hydrogen-bond acceptors (Lipinski definition) is 3. The molecule has 4 nitrogen and oxygen atoms in total. The van der Waals surface area contributed by atoms with E-state index in [1.54, 1.807) is 6.07 Å². The van der Waals surface area contributed by atoms with Gasteiger partial charge in [0.25, 0.3) is 0 Å². The number of rotatable bonds is 6. The van der Waals surface area contributed by atoms with Crippen molar-refractivity contribution in [1.29, 1.82) is 0 Å². The number of primary amides is 1. The molecular weight excluding hydrogens is 317 g/mol. The zero-order valence-electron chi connectivity index (χ0n) is 13.9. The second-order valence-corrected chi connectivity index (χ2v) is 6.99. The molecule has 1 aliphatic heterocycles. The van der Waals surface area contributed by atoms with Crippen molar-refractivity contribution in [1.82, 2.24) is 10.2 Å². The molecule has 0 unspecified atom stereocenters. The van der Waals surface area contributed by atoms with Crippen molar-refractivity contribution in [3.63, 3.8) is 0 Å². The third-order valence-electron chi connectivity index (χ3n) is 4.39. The average Bonchev–Trinajstić information content (AvgIpc) is 2.84.